The molecule has 0 aliphatic rings. The van der Waals surface area contributed by atoms with Gasteiger partial charge in [-0.2, -0.15) is 0 Å². The van der Waals surface area contributed by atoms with E-state index in [0.717, 1.165) is 6.42 Å². The topological polar surface area (TPSA) is 34.9 Å². The van der Waals surface area contributed by atoms with Crippen molar-refractivity contribution < 1.29 is 0 Å². The zero-order chi connectivity index (χ0) is 9.84. The molecule has 1 aromatic rings. The molecule has 0 bridgehead atoms. The van der Waals surface area contributed by atoms with E-state index < -0.39 is 0 Å². The lowest BCUT2D eigenvalue weighted by molar-refractivity contribution is 0.639. The Morgan fingerprint density at radius 1 is 1.77 bits per heavy atom. The van der Waals surface area contributed by atoms with Crippen molar-refractivity contribution in [2.24, 2.45) is 0 Å². The highest BCUT2D eigenvalue weighted by molar-refractivity contribution is 6.29. The van der Waals surface area contributed by atoms with E-state index in [9.17, 15) is 4.79 Å². The Labute approximate surface area is 81.7 Å². The monoisotopic (exact) mass is 198 g/mol. The molecule has 0 aromatic carbocycles. The van der Waals surface area contributed by atoms with Crippen LogP contribution in [0, 0.1) is 6.92 Å². The van der Waals surface area contributed by atoms with E-state index in [1.807, 2.05) is 0 Å². The highest BCUT2D eigenvalue weighted by atomic mass is 35.5. The Kier molecular flexibility index (Phi) is 3.25. The molecular formula is C9H11ClN2O. The molecule has 70 valence electrons. The van der Waals surface area contributed by atoms with Crippen LogP contribution in [0.3, 0.4) is 0 Å². The van der Waals surface area contributed by atoms with E-state index in [-0.39, 0.29) is 10.7 Å². The smallest absolute Gasteiger partial charge is 0.254 e. The molecule has 1 aromatic heterocycles. The van der Waals surface area contributed by atoms with Gasteiger partial charge in [-0.15, -0.1) is 6.58 Å². The minimum Gasteiger partial charge on any atom is -0.297 e. The average molecular weight is 199 g/mol. The largest absolute Gasteiger partial charge is 0.297 e. The first kappa shape index (κ1) is 9.99. The van der Waals surface area contributed by atoms with Crippen molar-refractivity contribution in [1.82, 2.24) is 9.55 Å². The van der Waals surface area contributed by atoms with Gasteiger partial charge in [-0.3, -0.25) is 9.36 Å². The normalized spacial score (nSPS) is 10.0. The van der Waals surface area contributed by atoms with Crippen molar-refractivity contribution in [3.05, 3.63) is 40.1 Å². The first-order valence-electron chi connectivity index (χ1n) is 4.00. The Morgan fingerprint density at radius 2 is 2.46 bits per heavy atom. The maximum atomic E-state index is 11.4. The van der Waals surface area contributed by atoms with Crippen LogP contribution in [0.4, 0.5) is 0 Å². The number of hydrogen-bond donors (Lipinski definition) is 0. The van der Waals surface area contributed by atoms with Crippen molar-refractivity contribution in [2.45, 2.75) is 19.9 Å². The minimum atomic E-state index is -0.112. The number of rotatable bonds is 3. The summed E-state index contributed by atoms with van der Waals surface area (Å²) in [6, 6.07) is 1.32. The minimum absolute atomic E-state index is 0.112. The molecule has 1 rings (SSSR count). The van der Waals surface area contributed by atoms with Gasteiger partial charge in [0.1, 0.15) is 11.0 Å². The fraction of sp³-hybridized carbons (Fsp3) is 0.333. The summed E-state index contributed by atoms with van der Waals surface area (Å²) < 4.78 is 1.58. The number of hydrogen-bond acceptors (Lipinski definition) is 2. The summed E-state index contributed by atoms with van der Waals surface area (Å²) in [7, 11) is 0. The van der Waals surface area contributed by atoms with Gasteiger partial charge in [-0.05, 0) is 13.3 Å². The highest BCUT2D eigenvalue weighted by Crippen LogP contribution is 2.01. The summed E-state index contributed by atoms with van der Waals surface area (Å²) in [5.74, 6) is 0.638. The van der Waals surface area contributed by atoms with E-state index in [1.54, 1.807) is 17.6 Å². The van der Waals surface area contributed by atoms with E-state index in [0.29, 0.717) is 12.4 Å². The fourth-order valence-corrected chi connectivity index (χ4v) is 1.29. The van der Waals surface area contributed by atoms with Gasteiger partial charge in [-0.1, -0.05) is 17.7 Å². The summed E-state index contributed by atoms with van der Waals surface area (Å²) in [6.07, 6.45) is 2.52. The molecule has 0 saturated carbocycles. The van der Waals surface area contributed by atoms with Crippen LogP contribution < -0.4 is 5.56 Å². The Morgan fingerprint density at radius 3 is 3.00 bits per heavy atom. The number of halogens is 1. The molecule has 0 fully saturated rings. The standard InChI is InChI=1S/C9H11ClN2O/c1-3-4-5-12-7(2)11-8(10)6-9(12)13/h3,6H,1,4-5H2,2H3. The van der Waals surface area contributed by atoms with Gasteiger partial charge in [0, 0.05) is 12.6 Å². The number of allylic oxidation sites excluding steroid dienone is 1. The zero-order valence-electron chi connectivity index (χ0n) is 7.46. The second-order valence-corrected chi connectivity index (χ2v) is 3.08. The van der Waals surface area contributed by atoms with Crippen molar-refractivity contribution in [3.63, 3.8) is 0 Å². The summed E-state index contributed by atoms with van der Waals surface area (Å²) in [4.78, 5) is 15.4. The zero-order valence-corrected chi connectivity index (χ0v) is 8.21. The Hall–Kier alpha value is -1.09. The van der Waals surface area contributed by atoms with Crippen LogP contribution in [0.25, 0.3) is 0 Å². The maximum Gasteiger partial charge on any atom is 0.254 e. The summed E-state index contributed by atoms with van der Waals surface area (Å²) in [5.41, 5.74) is -0.112. The van der Waals surface area contributed by atoms with Gasteiger partial charge in [0.05, 0.1) is 0 Å². The molecule has 4 heteroatoms. The fourth-order valence-electron chi connectivity index (χ4n) is 1.08. The van der Waals surface area contributed by atoms with E-state index >= 15 is 0 Å². The summed E-state index contributed by atoms with van der Waals surface area (Å²) in [6.45, 7) is 5.96. The van der Waals surface area contributed by atoms with Crippen LogP contribution in [0.5, 0.6) is 0 Å². The molecule has 3 nitrogen and oxygen atoms in total. The second-order valence-electron chi connectivity index (χ2n) is 2.69. The lowest BCUT2D eigenvalue weighted by atomic mass is 10.4. The quantitative estimate of drug-likeness (QED) is 0.548. The summed E-state index contributed by atoms with van der Waals surface area (Å²) in [5, 5.41) is 0.248. The third-order valence-electron chi connectivity index (χ3n) is 1.72. The summed E-state index contributed by atoms with van der Waals surface area (Å²) >= 11 is 5.61. The van der Waals surface area contributed by atoms with Crippen molar-refractivity contribution in [2.75, 3.05) is 0 Å². The van der Waals surface area contributed by atoms with Gasteiger partial charge < -0.3 is 0 Å². The van der Waals surface area contributed by atoms with Crippen LogP contribution in [0.15, 0.2) is 23.5 Å². The average Bonchev–Trinajstić information content (AvgIpc) is 2.02. The number of aryl methyl sites for hydroxylation is 1. The van der Waals surface area contributed by atoms with E-state index in [4.69, 9.17) is 11.6 Å². The molecule has 0 amide bonds. The molecule has 0 N–H and O–H groups in total. The molecule has 0 spiro atoms. The third-order valence-corrected chi connectivity index (χ3v) is 1.92. The lowest BCUT2D eigenvalue weighted by Gasteiger charge is -2.06. The van der Waals surface area contributed by atoms with Crippen LogP contribution in [0.2, 0.25) is 5.15 Å². The second kappa shape index (κ2) is 4.23. The van der Waals surface area contributed by atoms with Crippen LogP contribution in [0.1, 0.15) is 12.2 Å². The Balaban J connectivity index is 3.06. The van der Waals surface area contributed by atoms with Crippen LogP contribution >= 0.6 is 11.6 Å². The predicted molar refractivity (Wildman–Crippen MR) is 53.1 cm³/mol. The van der Waals surface area contributed by atoms with Crippen LogP contribution in [-0.4, -0.2) is 9.55 Å². The molecule has 0 aliphatic heterocycles. The predicted octanol–water partition coefficient (Wildman–Crippen LogP) is 1.78. The van der Waals surface area contributed by atoms with Crippen molar-refractivity contribution in [1.29, 1.82) is 0 Å². The highest BCUT2D eigenvalue weighted by Gasteiger charge is 2.01. The molecule has 0 saturated heterocycles. The van der Waals surface area contributed by atoms with Crippen molar-refractivity contribution in [3.8, 4) is 0 Å². The molecular weight excluding hydrogens is 188 g/mol. The molecule has 1 heterocycles. The third kappa shape index (κ3) is 2.42. The molecule has 0 aliphatic carbocycles. The Bertz CT molecular complexity index is 370. The van der Waals surface area contributed by atoms with Gasteiger partial charge in [0.2, 0.25) is 0 Å². The van der Waals surface area contributed by atoms with Gasteiger partial charge in [0.25, 0.3) is 5.56 Å². The number of aromatic nitrogens is 2. The molecule has 0 atom stereocenters. The van der Waals surface area contributed by atoms with Gasteiger partial charge in [0.15, 0.2) is 0 Å². The maximum absolute atomic E-state index is 11.4. The lowest BCUT2D eigenvalue weighted by Crippen LogP contribution is -2.22. The van der Waals surface area contributed by atoms with Gasteiger partial charge >= 0.3 is 0 Å². The molecule has 0 radical (unpaired) electrons. The van der Waals surface area contributed by atoms with E-state index in [1.165, 1.54) is 6.07 Å². The first-order chi connectivity index (χ1) is 6.15. The van der Waals surface area contributed by atoms with Crippen molar-refractivity contribution >= 4 is 11.6 Å². The SMILES string of the molecule is C=CCCn1c(C)nc(Cl)cc1=O. The van der Waals surface area contributed by atoms with Crippen LogP contribution in [-0.2, 0) is 6.54 Å². The molecule has 13 heavy (non-hydrogen) atoms. The number of nitrogens with zero attached hydrogens (tertiary/aromatic N) is 2. The van der Waals surface area contributed by atoms with Gasteiger partial charge in [-0.25, -0.2) is 4.98 Å². The molecule has 0 unspecified atom stereocenters. The van der Waals surface area contributed by atoms with E-state index in [2.05, 4.69) is 11.6 Å². The first-order valence-corrected chi connectivity index (χ1v) is 4.38.